The van der Waals surface area contributed by atoms with Crippen molar-refractivity contribution in [3.63, 3.8) is 0 Å². The molecule has 0 saturated carbocycles. The lowest BCUT2D eigenvalue weighted by atomic mass is 9.97. The van der Waals surface area contributed by atoms with Crippen molar-refractivity contribution in [2.75, 3.05) is 19.1 Å². The molecule has 0 N–H and O–H groups in total. The molecular weight excluding hydrogens is 545 g/mol. The lowest BCUT2D eigenvalue weighted by Gasteiger charge is -2.25. The summed E-state index contributed by atoms with van der Waals surface area (Å²) in [5, 5.41) is 9.19. The predicted molar refractivity (Wildman–Crippen MR) is 144 cm³/mol. The van der Waals surface area contributed by atoms with Gasteiger partial charge in [0.2, 0.25) is 0 Å². The second kappa shape index (κ2) is 10.6. The highest BCUT2D eigenvalue weighted by atomic mass is 35.5. The number of methoxy groups -OCH3 is 1. The average Bonchev–Trinajstić information content (AvgIpc) is 2.92. The maximum absolute atomic E-state index is 13.0. The van der Waals surface area contributed by atoms with Crippen LogP contribution in [0.2, 0.25) is 5.02 Å². The van der Waals surface area contributed by atoms with Gasteiger partial charge in [-0.05, 0) is 60.0 Å². The van der Waals surface area contributed by atoms with Gasteiger partial charge in [-0.3, -0.25) is 4.57 Å². The second-order valence-corrected chi connectivity index (χ2v) is 9.65. The number of alkyl halides is 3. The molecule has 0 radical (unpaired) electrons. The normalized spacial score (nSPS) is 12.2. The first-order chi connectivity index (χ1) is 19.1. The standard InChI is InChI=1S/C29H22ClF3N4O3/c1-36(27-14-25-22-6-4-20(39-2)12-18(22)9-10-37(25)28(38)35-27)16-17-3-8-26(19(11-17)15-34)40-21-5-7-23(24(30)13-21)29(31,32)33/h3-8,11-14H,9-10,16H2,1-2H3. The SMILES string of the molecule is COc1ccc2c(c1)CCn1c-2cc(N(C)Cc2ccc(Oc3ccc(C(F)(F)F)c(Cl)c3)c(C#N)c2)nc1=O. The first kappa shape index (κ1) is 27.1. The molecular formula is C29H22ClF3N4O3. The van der Waals surface area contributed by atoms with Gasteiger partial charge in [0, 0.05) is 37.8 Å². The van der Waals surface area contributed by atoms with Gasteiger partial charge in [-0.1, -0.05) is 17.7 Å². The van der Waals surface area contributed by atoms with E-state index in [2.05, 4.69) is 11.1 Å². The van der Waals surface area contributed by atoms with E-state index >= 15 is 0 Å². The first-order valence-corrected chi connectivity index (χ1v) is 12.5. The Hall–Kier alpha value is -4.49. The number of halogens is 4. The van der Waals surface area contributed by atoms with E-state index in [-0.39, 0.29) is 22.8 Å². The summed E-state index contributed by atoms with van der Waals surface area (Å²) in [7, 11) is 3.40. The van der Waals surface area contributed by atoms with Crippen molar-refractivity contribution < 1.29 is 22.6 Å². The third-order valence-electron chi connectivity index (χ3n) is 6.64. The van der Waals surface area contributed by atoms with E-state index in [1.54, 1.807) is 41.8 Å². The Morgan fingerprint density at radius 1 is 1.10 bits per heavy atom. The molecule has 2 heterocycles. The van der Waals surface area contributed by atoms with Crippen LogP contribution in [0.4, 0.5) is 19.0 Å². The van der Waals surface area contributed by atoms with E-state index in [1.165, 1.54) is 0 Å². The van der Waals surface area contributed by atoms with Gasteiger partial charge in [0.1, 0.15) is 29.1 Å². The van der Waals surface area contributed by atoms with Gasteiger partial charge < -0.3 is 14.4 Å². The summed E-state index contributed by atoms with van der Waals surface area (Å²) in [6, 6.07) is 17.6. The number of nitrogens with zero attached hydrogens (tertiary/aromatic N) is 4. The number of aromatic nitrogens is 2. The van der Waals surface area contributed by atoms with Crippen molar-refractivity contribution in [2.24, 2.45) is 0 Å². The third kappa shape index (κ3) is 5.33. The predicted octanol–water partition coefficient (Wildman–Crippen LogP) is 6.45. The minimum Gasteiger partial charge on any atom is -0.497 e. The first-order valence-electron chi connectivity index (χ1n) is 12.2. The van der Waals surface area contributed by atoms with Crippen LogP contribution in [0, 0.1) is 11.3 Å². The Morgan fingerprint density at radius 3 is 2.58 bits per heavy atom. The van der Waals surface area contributed by atoms with E-state index in [1.807, 2.05) is 24.3 Å². The van der Waals surface area contributed by atoms with E-state index in [0.29, 0.717) is 25.3 Å². The Kier molecular flexibility index (Phi) is 7.17. The van der Waals surface area contributed by atoms with Crippen molar-refractivity contribution in [3.8, 4) is 34.6 Å². The monoisotopic (exact) mass is 566 g/mol. The molecule has 0 saturated heterocycles. The van der Waals surface area contributed by atoms with Crippen molar-refractivity contribution in [1.82, 2.24) is 9.55 Å². The quantitative estimate of drug-likeness (QED) is 0.267. The highest BCUT2D eigenvalue weighted by molar-refractivity contribution is 6.31. The maximum atomic E-state index is 13.0. The van der Waals surface area contributed by atoms with Gasteiger partial charge in [-0.15, -0.1) is 0 Å². The molecule has 0 spiro atoms. The fraction of sp³-hybridized carbons (Fsp3) is 0.207. The lowest BCUT2D eigenvalue weighted by molar-refractivity contribution is -0.137. The van der Waals surface area contributed by atoms with Crippen LogP contribution in [-0.4, -0.2) is 23.7 Å². The summed E-state index contributed by atoms with van der Waals surface area (Å²) in [4.78, 5) is 18.9. The zero-order valence-electron chi connectivity index (χ0n) is 21.4. The number of hydrogen-bond donors (Lipinski definition) is 0. The molecule has 3 aromatic carbocycles. The number of fused-ring (bicyclic) bond motifs is 3. The van der Waals surface area contributed by atoms with Crippen LogP contribution in [0.1, 0.15) is 22.3 Å². The summed E-state index contributed by atoms with van der Waals surface area (Å²) < 4.78 is 51.6. The molecule has 0 unspecified atom stereocenters. The molecule has 7 nitrogen and oxygen atoms in total. The summed E-state index contributed by atoms with van der Waals surface area (Å²) in [6.45, 7) is 0.842. The van der Waals surface area contributed by atoms with Crippen LogP contribution in [0.25, 0.3) is 11.3 Å². The Bertz CT molecular complexity index is 1710. The topological polar surface area (TPSA) is 80.4 Å². The zero-order chi connectivity index (χ0) is 28.6. The number of rotatable bonds is 6. The highest BCUT2D eigenvalue weighted by Crippen LogP contribution is 2.38. The summed E-state index contributed by atoms with van der Waals surface area (Å²) in [5.74, 6) is 1.46. The lowest BCUT2D eigenvalue weighted by Crippen LogP contribution is -2.31. The van der Waals surface area contributed by atoms with Crippen molar-refractivity contribution in [3.05, 3.63) is 98.4 Å². The average molecular weight is 567 g/mol. The van der Waals surface area contributed by atoms with E-state index in [0.717, 1.165) is 46.3 Å². The van der Waals surface area contributed by atoms with Crippen LogP contribution in [0.5, 0.6) is 17.2 Å². The number of nitriles is 1. The van der Waals surface area contributed by atoms with E-state index in [4.69, 9.17) is 21.1 Å². The number of aryl methyl sites for hydroxylation is 1. The summed E-state index contributed by atoms with van der Waals surface area (Å²) in [5.41, 5.74) is 2.39. The summed E-state index contributed by atoms with van der Waals surface area (Å²) in [6.07, 6.45) is -3.89. The number of hydrogen-bond acceptors (Lipinski definition) is 6. The van der Waals surface area contributed by atoms with Crippen LogP contribution < -0.4 is 20.1 Å². The largest absolute Gasteiger partial charge is 0.497 e. The van der Waals surface area contributed by atoms with Crippen LogP contribution in [-0.2, 0) is 25.7 Å². The third-order valence-corrected chi connectivity index (χ3v) is 6.95. The van der Waals surface area contributed by atoms with E-state index < -0.39 is 16.8 Å². The van der Waals surface area contributed by atoms with Gasteiger partial charge in [0.15, 0.2) is 0 Å². The molecule has 0 bridgehead atoms. The summed E-state index contributed by atoms with van der Waals surface area (Å²) >= 11 is 5.79. The number of ether oxygens (including phenoxy) is 2. The maximum Gasteiger partial charge on any atom is 0.417 e. The molecule has 4 aromatic rings. The molecule has 0 atom stereocenters. The van der Waals surface area contributed by atoms with Crippen molar-refractivity contribution in [1.29, 1.82) is 5.26 Å². The minimum atomic E-state index is -4.59. The molecule has 11 heteroatoms. The van der Waals surface area contributed by atoms with Crippen LogP contribution in [0.3, 0.4) is 0 Å². The molecule has 204 valence electrons. The van der Waals surface area contributed by atoms with Crippen molar-refractivity contribution in [2.45, 2.75) is 25.7 Å². The number of anilines is 1. The molecule has 0 aliphatic carbocycles. The molecule has 5 rings (SSSR count). The Labute approximate surface area is 232 Å². The molecule has 40 heavy (non-hydrogen) atoms. The molecule has 1 aliphatic heterocycles. The smallest absolute Gasteiger partial charge is 0.417 e. The van der Waals surface area contributed by atoms with Gasteiger partial charge >= 0.3 is 11.9 Å². The highest BCUT2D eigenvalue weighted by Gasteiger charge is 2.33. The van der Waals surface area contributed by atoms with Gasteiger partial charge in [0.05, 0.1) is 29.0 Å². The Balaban J connectivity index is 1.38. The Morgan fingerprint density at radius 2 is 1.88 bits per heavy atom. The van der Waals surface area contributed by atoms with Gasteiger partial charge in [-0.25, -0.2) is 4.79 Å². The molecule has 0 amide bonds. The van der Waals surface area contributed by atoms with Crippen LogP contribution in [0.15, 0.2) is 65.5 Å². The fourth-order valence-corrected chi connectivity index (χ4v) is 4.92. The van der Waals surface area contributed by atoms with Gasteiger partial charge in [-0.2, -0.15) is 23.4 Å². The molecule has 1 aromatic heterocycles. The zero-order valence-corrected chi connectivity index (χ0v) is 22.2. The minimum absolute atomic E-state index is 0.0657. The molecule has 1 aliphatic rings. The molecule has 0 fully saturated rings. The van der Waals surface area contributed by atoms with Crippen molar-refractivity contribution >= 4 is 17.4 Å². The van der Waals surface area contributed by atoms with Gasteiger partial charge in [0.25, 0.3) is 0 Å². The van der Waals surface area contributed by atoms with Crippen LogP contribution >= 0.6 is 11.6 Å². The fourth-order valence-electron chi connectivity index (χ4n) is 4.64. The second-order valence-electron chi connectivity index (χ2n) is 9.25. The van der Waals surface area contributed by atoms with E-state index in [9.17, 15) is 23.2 Å². The number of benzene rings is 3.